The molecule has 142 valence electrons. The van der Waals surface area contributed by atoms with Crippen LogP contribution in [-0.4, -0.2) is 22.4 Å². The second-order valence-electron chi connectivity index (χ2n) is 9.43. The molecule has 0 amide bonds. The largest absolute Gasteiger partial charge is 0.393 e. The van der Waals surface area contributed by atoms with Crippen molar-refractivity contribution in [3.8, 4) is 0 Å². The van der Waals surface area contributed by atoms with Gasteiger partial charge in [-0.3, -0.25) is 0 Å². The lowest BCUT2D eigenvalue weighted by Gasteiger charge is -2.50. The number of hydrogen-bond acceptors (Lipinski definition) is 2. The fourth-order valence-electron chi connectivity index (χ4n) is 5.63. The molecule has 2 aliphatic rings. The highest BCUT2D eigenvalue weighted by atomic mass is 16.3. The molecule has 2 rings (SSSR count). The molecule has 0 aromatic carbocycles. The first kappa shape index (κ1) is 20.2. The Morgan fingerprint density at radius 1 is 0.792 bits per heavy atom. The van der Waals surface area contributed by atoms with E-state index >= 15 is 0 Å². The van der Waals surface area contributed by atoms with Crippen LogP contribution in [0.5, 0.6) is 0 Å². The second-order valence-corrected chi connectivity index (χ2v) is 9.43. The number of aliphatic hydroxyl groups excluding tert-OH is 2. The van der Waals surface area contributed by atoms with E-state index in [0.717, 1.165) is 24.7 Å². The predicted molar refractivity (Wildman–Crippen MR) is 102 cm³/mol. The fourth-order valence-corrected chi connectivity index (χ4v) is 5.63. The maximum Gasteiger partial charge on any atom is 0.0566 e. The van der Waals surface area contributed by atoms with Crippen molar-refractivity contribution in [2.75, 3.05) is 0 Å². The Kier molecular flexibility index (Phi) is 7.61. The molecular weight excluding hydrogens is 296 g/mol. The molecule has 2 N–H and O–H groups in total. The van der Waals surface area contributed by atoms with Crippen molar-refractivity contribution in [3.05, 3.63) is 0 Å². The predicted octanol–water partition coefficient (Wildman–Crippen LogP) is 5.56. The first-order valence-electron chi connectivity index (χ1n) is 10.7. The number of rotatable bonds is 7. The zero-order chi connectivity index (χ0) is 17.7. The Labute approximate surface area is 150 Å². The third kappa shape index (κ3) is 4.75. The lowest BCUT2D eigenvalue weighted by atomic mass is 9.55. The third-order valence-electron chi connectivity index (χ3n) is 7.68. The molecule has 2 nitrogen and oxygen atoms in total. The average Bonchev–Trinajstić information content (AvgIpc) is 2.56. The molecule has 6 unspecified atom stereocenters. The van der Waals surface area contributed by atoms with Crippen molar-refractivity contribution in [2.24, 2.45) is 29.1 Å². The van der Waals surface area contributed by atoms with E-state index in [0.29, 0.717) is 17.3 Å². The van der Waals surface area contributed by atoms with Crippen molar-refractivity contribution < 1.29 is 10.2 Å². The summed E-state index contributed by atoms with van der Waals surface area (Å²) in [4.78, 5) is 0. The highest BCUT2D eigenvalue weighted by Crippen LogP contribution is 2.53. The first-order valence-corrected chi connectivity index (χ1v) is 10.7. The van der Waals surface area contributed by atoms with E-state index in [9.17, 15) is 10.2 Å². The molecule has 0 aromatic heterocycles. The molecular formula is C22H42O2. The third-order valence-corrected chi connectivity index (χ3v) is 7.68. The molecule has 2 saturated carbocycles. The molecule has 2 fully saturated rings. The monoisotopic (exact) mass is 338 g/mol. The zero-order valence-electron chi connectivity index (χ0n) is 16.6. The van der Waals surface area contributed by atoms with E-state index < -0.39 is 0 Å². The number of hydrogen-bond donors (Lipinski definition) is 2. The smallest absolute Gasteiger partial charge is 0.0566 e. The summed E-state index contributed by atoms with van der Waals surface area (Å²) in [6.07, 6.45) is 13.3. The Balaban J connectivity index is 2.08. The summed E-state index contributed by atoms with van der Waals surface area (Å²) in [6, 6.07) is 0. The minimum atomic E-state index is -0.0855. The van der Waals surface area contributed by atoms with E-state index in [-0.39, 0.29) is 12.2 Å². The van der Waals surface area contributed by atoms with Gasteiger partial charge in [-0.2, -0.15) is 0 Å². The van der Waals surface area contributed by atoms with Gasteiger partial charge in [0.15, 0.2) is 0 Å². The minimum absolute atomic E-state index is 0.0855. The van der Waals surface area contributed by atoms with Gasteiger partial charge in [0.05, 0.1) is 12.2 Å². The first-order chi connectivity index (χ1) is 11.4. The van der Waals surface area contributed by atoms with Crippen molar-refractivity contribution >= 4 is 0 Å². The van der Waals surface area contributed by atoms with Crippen molar-refractivity contribution in [3.63, 3.8) is 0 Å². The second kappa shape index (κ2) is 9.03. The summed E-state index contributed by atoms with van der Waals surface area (Å²) in [6.45, 7) is 9.32. The van der Waals surface area contributed by atoms with Crippen LogP contribution in [0.1, 0.15) is 98.3 Å². The summed E-state index contributed by atoms with van der Waals surface area (Å²) in [5.74, 6) is 2.41. The van der Waals surface area contributed by atoms with Gasteiger partial charge in [0.2, 0.25) is 0 Å². The zero-order valence-corrected chi connectivity index (χ0v) is 16.6. The maximum absolute atomic E-state index is 10.2. The van der Waals surface area contributed by atoms with Crippen molar-refractivity contribution in [2.45, 2.75) is 111 Å². The quantitative estimate of drug-likeness (QED) is 0.597. The Hall–Kier alpha value is -0.0800. The fraction of sp³-hybridized carbons (Fsp3) is 1.00. The number of unbranched alkanes of at least 4 members (excludes halogenated alkanes) is 3. The van der Waals surface area contributed by atoms with Gasteiger partial charge < -0.3 is 10.2 Å². The summed E-state index contributed by atoms with van der Waals surface area (Å²) in [7, 11) is 0. The Morgan fingerprint density at radius 2 is 1.29 bits per heavy atom. The molecule has 0 bridgehead atoms. The normalized spacial score (nSPS) is 40.2. The van der Waals surface area contributed by atoms with E-state index in [1.54, 1.807) is 0 Å². The van der Waals surface area contributed by atoms with Gasteiger partial charge in [-0.05, 0) is 74.0 Å². The Bertz CT molecular complexity index is 341. The van der Waals surface area contributed by atoms with Crippen LogP contribution < -0.4 is 0 Å². The van der Waals surface area contributed by atoms with Crippen LogP contribution in [0.15, 0.2) is 0 Å². The van der Waals surface area contributed by atoms with Gasteiger partial charge in [0, 0.05) is 0 Å². The van der Waals surface area contributed by atoms with E-state index in [1.807, 2.05) is 0 Å². The molecule has 0 aliphatic heterocycles. The van der Waals surface area contributed by atoms with Gasteiger partial charge in [-0.1, -0.05) is 53.4 Å². The van der Waals surface area contributed by atoms with Crippen LogP contribution in [0.25, 0.3) is 0 Å². The lowest BCUT2D eigenvalue weighted by molar-refractivity contribution is -0.0474. The van der Waals surface area contributed by atoms with Crippen LogP contribution in [0.2, 0.25) is 0 Å². The molecule has 0 radical (unpaired) electrons. The van der Waals surface area contributed by atoms with E-state index in [2.05, 4.69) is 27.7 Å². The van der Waals surface area contributed by atoms with E-state index in [1.165, 1.54) is 57.8 Å². The molecule has 0 aromatic rings. The van der Waals surface area contributed by atoms with E-state index in [4.69, 9.17) is 0 Å². The molecule has 6 atom stereocenters. The summed E-state index contributed by atoms with van der Waals surface area (Å²) >= 11 is 0. The van der Waals surface area contributed by atoms with Crippen molar-refractivity contribution in [1.29, 1.82) is 0 Å². The van der Waals surface area contributed by atoms with Crippen LogP contribution in [0.3, 0.4) is 0 Å². The van der Waals surface area contributed by atoms with Gasteiger partial charge in [0.1, 0.15) is 0 Å². The Morgan fingerprint density at radius 3 is 1.71 bits per heavy atom. The molecule has 24 heavy (non-hydrogen) atoms. The molecule has 0 saturated heterocycles. The van der Waals surface area contributed by atoms with Gasteiger partial charge in [-0.15, -0.1) is 0 Å². The standard InChI is InChI=1S/C22H42O2/c1-5-6-7-8-13-22(4,18-9-11-20(23)16(2)14-18)19-10-12-21(24)17(3)15-19/h16-21,23-24H,5-15H2,1-4H3. The molecule has 0 spiro atoms. The van der Waals surface area contributed by atoms with Crippen molar-refractivity contribution in [1.82, 2.24) is 0 Å². The average molecular weight is 339 g/mol. The van der Waals surface area contributed by atoms with Gasteiger partial charge in [0.25, 0.3) is 0 Å². The van der Waals surface area contributed by atoms with Crippen LogP contribution in [0, 0.1) is 29.1 Å². The maximum atomic E-state index is 10.2. The summed E-state index contributed by atoms with van der Waals surface area (Å²) in [5, 5.41) is 20.3. The van der Waals surface area contributed by atoms with Gasteiger partial charge >= 0.3 is 0 Å². The topological polar surface area (TPSA) is 40.5 Å². The highest BCUT2D eigenvalue weighted by Gasteiger charge is 2.45. The summed E-state index contributed by atoms with van der Waals surface area (Å²) in [5.41, 5.74) is 0.399. The van der Waals surface area contributed by atoms with Crippen LogP contribution >= 0.6 is 0 Å². The van der Waals surface area contributed by atoms with Crippen LogP contribution in [-0.2, 0) is 0 Å². The molecule has 2 heteroatoms. The highest BCUT2D eigenvalue weighted by molar-refractivity contribution is 4.95. The van der Waals surface area contributed by atoms with Gasteiger partial charge in [-0.25, -0.2) is 0 Å². The SMILES string of the molecule is CCCCCCC(C)(C1CCC(O)C(C)C1)C1CCC(O)C(C)C1. The molecule has 0 heterocycles. The lowest BCUT2D eigenvalue weighted by Crippen LogP contribution is -2.44. The minimum Gasteiger partial charge on any atom is -0.393 e. The number of aliphatic hydroxyl groups is 2. The molecule has 2 aliphatic carbocycles. The van der Waals surface area contributed by atoms with Crippen LogP contribution in [0.4, 0.5) is 0 Å². The summed E-state index contributed by atoms with van der Waals surface area (Å²) < 4.78 is 0.